The Morgan fingerprint density at radius 1 is 1.12 bits per heavy atom. The number of nitrogens with one attached hydrogen (secondary N) is 2. The van der Waals surface area contributed by atoms with Crippen LogP contribution in [0.2, 0.25) is 0 Å². The Morgan fingerprint density at radius 2 is 1.88 bits per heavy atom. The summed E-state index contributed by atoms with van der Waals surface area (Å²) in [4.78, 5) is 38.4. The Kier molecular flexibility index (Phi) is 4.42. The van der Waals surface area contributed by atoms with Gasteiger partial charge in [0.05, 0.1) is 12.0 Å². The Morgan fingerprint density at radius 3 is 2.65 bits per heavy atom. The van der Waals surface area contributed by atoms with Crippen LogP contribution in [0.3, 0.4) is 0 Å². The first-order valence-electron chi connectivity index (χ1n) is 9.59. The first-order valence-corrected chi connectivity index (χ1v) is 9.59. The second-order valence-corrected chi connectivity index (χ2v) is 7.77. The molecule has 6 heteroatoms. The van der Waals surface area contributed by atoms with Crippen molar-refractivity contribution in [3.63, 3.8) is 0 Å². The molecule has 4 amide bonds. The van der Waals surface area contributed by atoms with Crippen LogP contribution >= 0.6 is 0 Å². The number of hydrogen-bond acceptors (Lipinski definition) is 3. The molecule has 1 aromatic carbocycles. The van der Waals surface area contributed by atoms with E-state index in [2.05, 4.69) is 16.7 Å². The molecule has 0 aromatic heterocycles. The molecule has 138 valence electrons. The first-order chi connectivity index (χ1) is 12.6. The number of hydrogen-bond donors (Lipinski definition) is 2. The largest absolute Gasteiger partial charge is 0.332 e. The maximum atomic E-state index is 12.5. The molecule has 2 fully saturated rings. The van der Waals surface area contributed by atoms with Gasteiger partial charge in [-0.25, -0.2) is 4.79 Å². The quantitative estimate of drug-likeness (QED) is 0.875. The van der Waals surface area contributed by atoms with Crippen LogP contribution in [0, 0.1) is 0 Å². The van der Waals surface area contributed by atoms with Crippen LogP contribution < -0.4 is 10.6 Å². The van der Waals surface area contributed by atoms with Crippen molar-refractivity contribution in [1.29, 1.82) is 0 Å². The van der Waals surface area contributed by atoms with Gasteiger partial charge >= 0.3 is 6.03 Å². The second kappa shape index (κ2) is 6.74. The molecule has 0 unspecified atom stereocenters. The number of urea groups is 1. The minimum atomic E-state index is -0.437. The number of fused-ring (bicyclic) bond motifs is 1. The monoisotopic (exact) mass is 355 g/mol. The molecule has 1 spiro atoms. The summed E-state index contributed by atoms with van der Waals surface area (Å²) in [5.74, 6) is -0.573. The number of carbonyl (C=O) groups excluding carboxylic acids is 3. The van der Waals surface area contributed by atoms with Crippen molar-refractivity contribution in [3.05, 3.63) is 29.3 Å². The van der Waals surface area contributed by atoms with E-state index in [1.807, 2.05) is 12.1 Å². The fourth-order valence-corrected chi connectivity index (χ4v) is 4.58. The zero-order chi connectivity index (χ0) is 18.1. The molecule has 2 N–H and O–H groups in total. The summed E-state index contributed by atoms with van der Waals surface area (Å²) in [7, 11) is 0. The molecule has 1 aliphatic heterocycles. The molecule has 4 rings (SSSR count). The van der Waals surface area contributed by atoms with Gasteiger partial charge < -0.3 is 10.6 Å². The number of imide groups is 1. The van der Waals surface area contributed by atoms with Crippen molar-refractivity contribution in [3.8, 4) is 0 Å². The number of amides is 4. The molecule has 6 nitrogen and oxygen atoms in total. The standard InChI is InChI=1S/C20H25N3O3/c24-17(21-16-9-5-7-14-6-1-2-8-15(14)16)13-23-18(25)12-20(22-19(23)26)10-3-4-11-20/h5,7,9H,1-4,6,8,10-13H2,(H,21,24)(H,22,26). The Bertz CT molecular complexity index is 733. The van der Waals surface area contributed by atoms with Gasteiger partial charge in [0.2, 0.25) is 11.8 Å². The highest BCUT2D eigenvalue weighted by atomic mass is 16.2. The molecular weight excluding hydrogens is 330 g/mol. The van der Waals surface area contributed by atoms with E-state index in [1.54, 1.807) is 0 Å². The SMILES string of the molecule is O=C(CN1C(=O)CC2(CCCC2)NC1=O)Nc1cccc2c1CCCC2. The molecule has 0 bridgehead atoms. The van der Waals surface area contributed by atoms with Gasteiger partial charge in [0.15, 0.2) is 0 Å². The highest BCUT2D eigenvalue weighted by Crippen LogP contribution is 2.35. The van der Waals surface area contributed by atoms with Gasteiger partial charge in [0.25, 0.3) is 0 Å². The summed E-state index contributed by atoms with van der Waals surface area (Å²) in [6.07, 6.45) is 8.35. The lowest BCUT2D eigenvalue weighted by atomic mass is 9.90. The number of benzene rings is 1. The van der Waals surface area contributed by atoms with E-state index in [4.69, 9.17) is 0 Å². The lowest BCUT2D eigenvalue weighted by molar-refractivity contribution is -0.134. The van der Waals surface area contributed by atoms with Gasteiger partial charge in [0, 0.05) is 5.69 Å². The zero-order valence-corrected chi connectivity index (χ0v) is 15.0. The van der Waals surface area contributed by atoms with Crippen molar-refractivity contribution in [2.24, 2.45) is 0 Å². The van der Waals surface area contributed by atoms with Crippen LogP contribution in [0.1, 0.15) is 56.1 Å². The Labute approximate surface area is 153 Å². The number of carbonyl (C=O) groups is 3. The molecule has 0 radical (unpaired) electrons. The lowest BCUT2D eigenvalue weighted by Crippen LogP contribution is -2.62. The fraction of sp³-hybridized carbons (Fsp3) is 0.550. The first kappa shape index (κ1) is 17.1. The third-order valence-electron chi connectivity index (χ3n) is 5.94. The highest BCUT2D eigenvalue weighted by Gasteiger charge is 2.45. The Balaban J connectivity index is 1.42. The zero-order valence-electron chi connectivity index (χ0n) is 15.0. The van der Waals surface area contributed by atoms with Crippen LogP contribution in [0.25, 0.3) is 0 Å². The van der Waals surface area contributed by atoms with E-state index in [0.717, 1.165) is 55.5 Å². The average Bonchev–Trinajstić information content (AvgIpc) is 3.06. The number of rotatable bonds is 3. The van der Waals surface area contributed by atoms with Crippen LogP contribution in [0.15, 0.2) is 18.2 Å². The molecule has 3 aliphatic rings. The summed E-state index contributed by atoms with van der Waals surface area (Å²) < 4.78 is 0. The molecule has 0 atom stereocenters. The molecule has 1 saturated heterocycles. The molecule has 1 heterocycles. The fourth-order valence-electron chi connectivity index (χ4n) is 4.58. The normalized spacial score (nSPS) is 21.5. The lowest BCUT2D eigenvalue weighted by Gasteiger charge is -2.38. The van der Waals surface area contributed by atoms with Crippen LogP contribution in [-0.4, -0.2) is 34.8 Å². The van der Waals surface area contributed by atoms with Crippen molar-refractivity contribution >= 4 is 23.5 Å². The van der Waals surface area contributed by atoms with Gasteiger partial charge in [0.1, 0.15) is 6.54 Å². The maximum absolute atomic E-state index is 12.5. The summed E-state index contributed by atoms with van der Waals surface area (Å²) in [5.41, 5.74) is 2.90. The van der Waals surface area contributed by atoms with Gasteiger partial charge in [-0.2, -0.15) is 0 Å². The summed E-state index contributed by atoms with van der Waals surface area (Å²) >= 11 is 0. The van der Waals surface area contributed by atoms with E-state index in [1.165, 1.54) is 17.5 Å². The number of nitrogens with zero attached hydrogens (tertiary/aromatic N) is 1. The number of aryl methyl sites for hydroxylation is 1. The van der Waals surface area contributed by atoms with E-state index >= 15 is 0 Å². The molecular formula is C20H25N3O3. The van der Waals surface area contributed by atoms with Gasteiger partial charge in [-0.3, -0.25) is 14.5 Å². The van der Waals surface area contributed by atoms with Gasteiger partial charge in [-0.1, -0.05) is 25.0 Å². The van der Waals surface area contributed by atoms with Crippen molar-refractivity contribution in [2.75, 3.05) is 11.9 Å². The molecule has 26 heavy (non-hydrogen) atoms. The van der Waals surface area contributed by atoms with E-state index < -0.39 is 6.03 Å². The predicted octanol–water partition coefficient (Wildman–Crippen LogP) is 2.76. The van der Waals surface area contributed by atoms with Crippen molar-refractivity contribution < 1.29 is 14.4 Å². The molecule has 2 aliphatic carbocycles. The summed E-state index contributed by atoms with van der Waals surface area (Å²) in [6.45, 7) is -0.232. The molecule has 1 aromatic rings. The van der Waals surface area contributed by atoms with Crippen LogP contribution in [-0.2, 0) is 22.4 Å². The topological polar surface area (TPSA) is 78.5 Å². The number of anilines is 1. The summed E-state index contributed by atoms with van der Waals surface area (Å²) in [5, 5.41) is 5.88. The smallest absolute Gasteiger partial charge is 0.325 e. The van der Waals surface area contributed by atoms with Gasteiger partial charge in [-0.15, -0.1) is 0 Å². The highest BCUT2D eigenvalue weighted by molar-refractivity contribution is 6.03. The predicted molar refractivity (Wildman–Crippen MR) is 97.8 cm³/mol. The molecule has 1 saturated carbocycles. The Hall–Kier alpha value is -2.37. The van der Waals surface area contributed by atoms with E-state index in [9.17, 15) is 14.4 Å². The van der Waals surface area contributed by atoms with Crippen LogP contribution in [0.5, 0.6) is 0 Å². The average molecular weight is 355 g/mol. The maximum Gasteiger partial charge on any atom is 0.325 e. The van der Waals surface area contributed by atoms with Crippen LogP contribution in [0.4, 0.5) is 10.5 Å². The van der Waals surface area contributed by atoms with E-state index in [-0.39, 0.29) is 23.9 Å². The third kappa shape index (κ3) is 3.20. The second-order valence-electron chi connectivity index (χ2n) is 7.77. The van der Waals surface area contributed by atoms with Gasteiger partial charge in [-0.05, 0) is 55.7 Å². The minimum absolute atomic E-state index is 0.232. The van der Waals surface area contributed by atoms with Crippen molar-refractivity contribution in [2.45, 2.75) is 63.3 Å². The third-order valence-corrected chi connectivity index (χ3v) is 5.94. The van der Waals surface area contributed by atoms with Crippen molar-refractivity contribution in [1.82, 2.24) is 10.2 Å². The summed E-state index contributed by atoms with van der Waals surface area (Å²) in [6, 6.07) is 5.51. The minimum Gasteiger partial charge on any atom is -0.332 e. The van der Waals surface area contributed by atoms with E-state index in [0.29, 0.717) is 6.42 Å².